The zero-order chi connectivity index (χ0) is 10.7. The molecule has 0 aromatic heterocycles. The van der Waals surface area contributed by atoms with E-state index in [2.05, 4.69) is 4.74 Å². The standard InChI is InChI=1S/C8H11NO5/c9-7(8(12)13)4-3-14-6(11)2-1-5(4)10/h4,7H,1-3,9H2,(H,12,13)/t4?,7-/m1/s1. The lowest BCUT2D eigenvalue weighted by atomic mass is 9.94. The maximum absolute atomic E-state index is 11.3. The highest BCUT2D eigenvalue weighted by atomic mass is 16.5. The Morgan fingerprint density at radius 1 is 1.50 bits per heavy atom. The highest BCUT2D eigenvalue weighted by Gasteiger charge is 2.33. The van der Waals surface area contributed by atoms with E-state index >= 15 is 0 Å². The van der Waals surface area contributed by atoms with Gasteiger partial charge in [0.05, 0.1) is 12.3 Å². The Bertz CT molecular complexity index is 275. The number of Topliss-reactive ketones (excluding diaryl/α,β-unsaturated/α-hetero) is 1. The number of carboxylic acid groups (broad SMARTS) is 1. The second kappa shape index (κ2) is 4.19. The predicted octanol–water partition coefficient (Wildman–Crippen LogP) is -1.08. The first-order chi connectivity index (χ1) is 6.52. The monoisotopic (exact) mass is 201 g/mol. The molecule has 0 bridgehead atoms. The van der Waals surface area contributed by atoms with Crippen molar-refractivity contribution in [2.24, 2.45) is 11.7 Å². The number of rotatable bonds is 2. The van der Waals surface area contributed by atoms with E-state index in [1.54, 1.807) is 0 Å². The van der Waals surface area contributed by atoms with Crippen molar-refractivity contribution in [3.8, 4) is 0 Å². The summed E-state index contributed by atoms with van der Waals surface area (Å²) in [6.45, 7) is -0.231. The van der Waals surface area contributed by atoms with Gasteiger partial charge in [-0.2, -0.15) is 0 Å². The number of hydrogen-bond acceptors (Lipinski definition) is 5. The Kier molecular flexibility index (Phi) is 3.19. The molecule has 1 saturated heterocycles. The number of carbonyl (C=O) groups excluding carboxylic acids is 2. The van der Waals surface area contributed by atoms with Crippen molar-refractivity contribution in [1.82, 2.24) is 0 Å². The molecule has 1 heterocycles. The van der Waals surface area contributed by atoms with E-state index in [0.29, 0.717) is 0 Å². The average molecular weight is 201 g/mol. The van der Waals surface area contributed by atoms with Gasteiger partial charge in [0, 0.05) is 6.42 Å². The number of carboxylic acids is 1. The molecule has 78 valence electrons. The van der Waals surface area contributed by atoms with Crippen molar-refractivity contribution in [3.05, 3.63) is 0 Å². The minimum atomic E-state index is -1.30. The summed E-state index contributed by atoms with van der Waals surface area (Å²) in [5, 5.41) is 8.59. The van der Waals surface area contributed by atoms with Crippen LogP contribution in [0.5, 0.6) is 0 Å². The van der Waals surface area contributed by atoms with E-state index in [0.717, 1.165) is 0 Å². The quantitative estimate of drug-likeness (QED) is 0.550. The first kappa shape index (κ1) is 10.6. The van der Waals surface area contributed by atoms with Gasteiger partial charge in [0.15, 0.2) is 0 Å². The number of cyclic esters (lactones) is 1. The van der Waals surface area contributed by atoms with Gasteiger partial charge in [-0.15, -0.1) is 0 Å². The minimum absolute atomic E-state index is 0.00166. The first-order valence-corrected chi connectivity index (χ1v) is 4.19. The molecule has 1 aliphatic heterocycles. The molecule has 0 spiro atoms. The van der Waals surface area contributed by atoms with Crippen LogP contribution in [0, 0.1) is 5.92 Å². The summed E-state index contributed by atoms with van der Waals surface area (Å²) in [6.07, 6.45) is 0.00610. The number of ketones is 1. The summed E-state index contributed by atoms with van der Waals surface area (Å²) < 4.78 is 4.65. The Morgan fingerprint density at radius 2 is 2.14 bits per heavy atom. The molecular weight excluding hydrogens is 190 g/mol. The molecule has 3 N–H and O–H groups in total. The van der Waals surface area contributed by atoms with Gasteiger partial charge in [-0.25, -0.2) is 0 Å². The van der Waals surface area contributed by atoms with Gasteiger partial charge in [0.2, 0.25) is 0 Å². The maximum atomic E-state index is 11.3. The molecule has 1 rings (SSSR count). The number of aliphatic carboxylic acids is 1. The molecule has 6 heteroatoms. The summed E-state index contributed by atoms with van der Waals surface area (Å²) in [7, 11) is 0. The van der Waals surface area contributed by atoms with Gasteiger partial charge in [-0.3, -0.25) is 14.4 Å². The number of nitrogens with two attached hydrogens (primary N) is 1. The molecule has 1 fully saturated rings. The van der Waals surface area contributed by atoms with Crippen LogP contribution in [0.4, 0.5) is 0 Å². The van der Waals surface area contributed by atoms with Crippen LogP contribution in [0.25, 0.3) is 0 Å². The zero-order valence-electron chi connectivity index (χ0n) is 7.43. The molecule has 1 unspecified atom stereocenters. The number of hydrogen-bond donors (Lipinski definition) is 2. The summed E-state index contributed by atoms with van der Waals surface area (Å²) in [5.74, 6) is -3.00. The average Bonchev–Trinajstić information content (AvgIpc) is 2.28. The van der Waals surface area contributed by atoms with Crippen molar-refractivity contribution in [1.29, 1.82) is 0 Å². The maximum Gasteiger partial charge on any atom is 0.321 e. The van der Waals surface area contributed by atoms with Crippen LogP contribution in [0.2, 0.25) is 0 Å². The molecule has 0 saturated carbocycles. The molecule has 6 nitrogen and oxygen atoms in total. The highest BCUT2D eigenvalue weighted by Crippen LogP contribution is 2.14. The summed E-state index contributed by atoms with van der Waals surface area (Å²) in [6, 6.07) is -1.30. The lowest BCUT2D eigenvalue weighted by molar-refractivity contribution is -0.147. The van der Waals surface area contributed by atoms with Crippen LogP contribution in [-0.4, -0.2) is 35.5 Å². The van der Waals surface area contributed by atoms with Crippen LogP contribution in [0.1, 0.15) is 12.8 Å². The van der Waals surface area contributed by atoms with E-state index in [4.69, 9.17) is 10.8 Å². The number of carbonyl (C=O) groups is 3. The van der Waals surface area contributed by atoms with Crippen LogP contribution < -0.4 is 5.73 Å². The van der Waals surface area contributed by atoms with Crippen LogP contribution >= 0.6 is 0 Å². The SMILES string of the molecule is N[C@@H](C(=O)O)C1COC(=O)CCC1=O. The predicted molar refractivity (Wildman–Crippen MR) is 44.3 cm³/mol. The number of esters is 1. The summed E-state index contributed by atoms with van der Waals surface area (Å²) in [5.41, 5.74) is 5.28. The third-order valence-electron chi connectivity index (χ3n) is 2.13. The van der Waals surface area contributed by atoms with Gasteiger partial charge in [0.1, 0.15) is 18.4 Å². The fraction of sp³-hybridized carbons (Fsp3) is 0.625. The molecular formula is C8H11NO5. The Hall–Kier alpha value is -1.43. The molecule has 2 atom stereocenters. The van der Waals surface area contributed by atoms with Crippen LogP contribution in [-0.2, 0) is 19.1 Å². The lowest BCUT2D eigenvalue weighted by Gasteiger charge is -2.15. The highest BCUT2D eigenvalue weighted by molar-refractivity contribution is 5.91. The van der Waals surface area contributed by atoms with Crippen LogP contribution in [0.15, 0.2) is 0 Å². The fourth-order valence-electron chi connectivity index (χ4n) is 1.23. The molecule has 0 aromatic carbocycles. The smallest absolute Gasteiger partial charge is 0.321 e. The van der Waals surface area contributed by atoms with E-state index in [9.17, 15) is 14.4 Å². The summed E-state index contributed by atoms with van der Waals surface area (Å²) in [4.78, 5) is 32.7. The Balaban J connectivity index is 2.71. The van der Waals surface area contributed by atoms with E-state index in [1.165, 1.54) is 0 Å². The second-order valence-corrected chi connectivity index (χ2v) is 3.12. The van der Waals surface area contributed by atoms with Crippen molar-refractivity contribution >= 4 is 17.7 Å². The molecule has 14 heavy (non-hydrogen) atoms. The Morgan fingerprint density at radius 3 is 2.71 bits per heavy atom. The van der Waals surface area contributed by atoms with E-state index in [-0.39, 0.29) is 25.2 Å². The Labute approximate surface area is 80.0 Å². The van der Waals surface area contributed by atoms with E-state index in [1.807, 2.05) is 0 Å². The van der Waals surface area contributed by atoms with Gasteiger partial charge < -0.3 is 15.6 Å². The van der Waals surface area contributed by atoms with Gasteiger partial charge in [-0.1, -0.05) is 0 Å². The summed E-state index contributed by atoms with van der Waals surface area (Å²) >= 11 is 0. The van der Waals surface area contributed by atoms with Crippen molar-refractivity contribution in [3.63, 3.8) is 0 Å². The molecule has 0 amide bonds. The van der Waals surface area contributed by atoms with Crippen molar-refractivity contribution in [2.75, 3.05) is 6.61 Å². The van der Waals surface area contributed by atoms with Crippen LogP contribution in [0.3, 0.4) is 0 Å². The van der Waals surface area contributed by atoms with Gasteiger partial charge in [0.25, 0.3) is 0 Å². The molecule has 0 aliphatic carbocycles. The largest absolute Gasteiger partial charge is 0.480 e. The van der Waals surface area contributed by atoms with Gasteiger partial charge >= 0.3 is 11.9 Å². The normalized spacial score (nSPS) is 25.1. The molecule has 1 aliphatic rings. The van der Waals surface area contributed by atoms with Crippen molar-refractivity contribution in [2.45, 2.75) is 18.9 Å². The topological polar surface area (TPSA) is 107 Å². The third kappa shape index (κ3) is 2.29. The van der Waals surface area contributed by atoms with Gasteiger partial charge in [-0.05, 0) is 0 Å². The fourth-order valence-corrected chi connectivity index (χ4v) is 1.23. The zero-order valence-corrected chi connectivity index (χ0v) is 7.43. The van der Waals surface area contributed by atoms with Crippen molar-refractivity contribution < 1.29 is 24.2 Å². The first-order valence-electron chi connectivity index (χ1n) is 4.19. The second-order valence-electron chi connectivity index (χ2n) is 3.12. The van der Waals surface area contributed by atoms with E-state index < -0.39 is 23.9 Å². The number of ether oxygens (including phenoxy) is 1. The lowest BCUT2D eigenvalue weighted by Crippen LogP contribution is -2.43. The molecule has 0 radical (unpaired) electrons. The minimum Gasteiger partial charge on any atom is -0.480 e. The molecule has 0 aromatic rings. The third-order valence-corrected chi connectivity index (χ3v) is 2.13.